The SMILES string of the molecule is COc1nccnc1N1CCCC2(CCC(=O)N(Cc3ccccn3)C2)C1. The molecule has 1 unspecified atom stereocenters. The van der Waals surface area contributed by atoms with Crippen molar-refractivity contribution in [2.24, 2.45) is 5.41 Å². The van der Waals surface area contributed by atoms with Gasteiger partial charge in [-0.25, -0.2) is 9.97 Å². The average molecular weight is 367 g/mol. The molecular formula is C20H25N5O2. The Kier molecular flexibility index (Phi) is 4.92. The van der Waals surface area contributed by atoms with Gasteiger partial charge in [-0.05, 0) is 31.4 Å². The second kappa shape index (κ2) is 7.50. The van der Waals surface area contributed by atoms with Crippen LogP contribution >= 0.6 is 0 Å². The van der Waals surface area contributed by atoms with Crippen molar-refractivity contribution >= 4 is 11.7 Å². The van der Waals surface area contributed by atoms with Gasteiger partial charge in [0.1, 0.15) is 0 Å². The number of pyridine rings is 1. The Labute approximate surface area is 159 Å². The summed E-state index contributed by atoms with van der Waals surface area (Å²) in [4.78, 5) is 29.9. The zero-order valence-electron chi connectivity index (χ0n) is 15.7. The molecule has 2 aliphatic heterocycles. The zero-order chi connectivity index (χ0) is 18.7. The van der Waals surface area contributed by atoms with Gasteiger partial charge in [0.2, 0.25) is 5.91 Å². The normalized spacial score (nSPS) is 22.9. The third-order valence-electron chi connectivity index (χ3n) is 5.63. The Bertz CT molecular complexity index is 800. The lowest BCUT2D eigenvalue weighted by atomic mass is 9.73. The molecule has 1 atom stereocenters. The predicted molar refractivity (Wildman–Crippen MR) is 101 cm³/mol. The predicted octanol–water partition coefficient (Wildman–Crippen LogP) is 2.29. The Morgan fingerprint density at radius 3 is 2.81 bits per heavy atom. The molecule has 0 aromatic carbocycles. The summed E-state index contributed by atoms with van der Waals surface area (Å²) in [7, 11) is 1.63. The molecule has 142 valence electrons. The molecule has 0 saturated carbocycles. The number of hydrogen-bond donors (Lipinski definition) is 0. The van der Waals surface area contributed by atoms with Gasteiger partial charge in [-0.3, -0.25) is 9.78 Å². The van der Waals surface area contributed by atoms with Crippen LogP contribution in [0.4, 0.5) is 5.82 Å². The first-order chi connectivity index (χ1) is 13.2. The summed E-state index contributed by atoms with van der Waals surface area (Å²) in [5.41, 5.74) is 1.02. The number of hydrogen-bond acceptors (Lipinski definition) is 6. The van der Waals surface area contributed by atoms with Crippen molar-refractivity contribution in [1.82, 2.24) is 19.9 Å². The molecule has 2 aliphatic rings. The number of piperidine rings is 2. The van der Waals surface area contributed by atoms with Crippen LogP contribution in [0.1, 0.15) is 31.4 Å². The molecule has 0 bridgehead atoms. The fourth-order valence-corrected chi connectivity index (χ4v) is 4.33. The smallest absolute Gasteiger partial charge is 0.257 e. The highest BCUT2D eigenvalue weighted by atomic mass is 16.5. The van der Waals surface area contributed by atoms with Crippen LogP contribution in [0.3, 0.4) is 0 Å². The fraction of sp³-hybridized carbons (Fsp3) is 0.500. The van der Waals surface area contributed by atoms with Crippen LogP contribution < -0.4 is 9.64 Å². The minimum absolute atomic E-state index is 0.0868. The van der Waals surface area contributed by atoms with Gasteiger partial charge in [0, 0.05) is 50.1 Å². The number of ether oxygens (including phenoxy) is 1. The third kappa shape index (κ3) is 3.72. The second-order valence-corrected chi connectivity index (χ2v) is 7.49. The first-order valence-corrected chi connectivity index (χ1v) is 9.47. The third-order valence-corrected chi connectivity index (χ3v) is 5.63. The first-order valence-electron chi connectivity index (χ1n) is 9.47. The maximum Gasteiger partial charge on any atom is 0.257 e. The zero-order valence-corrected chi connectivity index (χ0v) is 15.7. The summed E-state index contributed by atoms with van der Waals surface area (Å²) in [5, 5.41) is 0. The number of aromatic nitrogens is 3. The van der Waals surface area contributed by atoms with Crippen LogP contribution in [0, 0.1) is 5.41 Å². The standard InChI is InChI=1S/C20H25N5O2/c1-27-19-18(22-10-11-23-19)24-12-4-7-20(14-24)8-6-17(26)25(15-20)13-16-5-2-3-9-21-16/h2-3,5,9-11H,4,6-8,12-15H2,1H3. The number of methoxy groups -OCH3 is 1. The van der Waals surface area contributed by atoms with Crippen molar-refractivity contribution in [2.75, 3.05) is 31.6 Å². The lowest BCUT2D eigenvalue weighted by Crippen LogP contribution is -2.54. The van der Waals surface area contributed by atoms with Crippen LogP contribution in [0.25, 0.3) is 0 Å². The quantitative estimate of drug-likeness (QED) is 0.826. The van der Waals surface area contributed by atoms with Crippen LogP contribution in [0.5, 0.6) is 5.88 Å². The van der Waals surface area contributed by atoms with E-state index in [-0.39, 0.29) is 11.3 Å². The molecule has 0 aliphatic carbocycles. The minimum atomic E-state index is 0.0868. The van der Waals surface area contributed by atoms with Gasteiger partial charge in [0.25, 0.3) is 5.88 Å². The lowest BCUT2D eigenvalue weighted by Gasteiger charge is -2.48. The number of nitrogens with zero attached hydrogens (tertiary/aromatic N) is 5. The molecule has 7 nitrogen and oxygen atoms in total. The van der Waals surface area contributed by atoms with E-state index in [1.54, 1.807) is 25.7 Å². The lowest BCUT2D eigenvalue weighted by molar-refractivity contribution is -0.138. The maximum absolute atomic E-state index is 12.5. The highest BCUT2D eigenvalue weighted by molar-refractivity contribution is 5.77. The van der Waals surface area contributed by atoms with Gasteiger partial charge in [-0.1, -0.05) is 6.07 Å². The van der Waals surface area contributed by atoms with Gasteiger partial charge < -0.3 is 14.5 Å². The van der Waals surface area contributed by atoms with E-state index in [2.05, 4.69) is 19.9 Å². The molecule has 1 spiro atoms. The number of carbonyl (C=O) groups is 1. The molecule has 2 fully saturated rings. The Morgan fingerprint density at radius 2 is 2.00 bits per heavy atom. The van der Waals surface area contributed by atoms with Crippen molar-refractivity contribution in [2.45, 2.75) is 32.2 Å². The number of carbonyl (C=O) groups excluding carboxylic acids is 1. The summed E-state index contributed by atoms with van der Waals surface area (Å²) >= 11 is 0. The average Bonchev–Trinajstić information content (AvgIpc) is 2.72. The van der Waals surface area contributed by atoms with Crippen LogP contribution in [-0.2, 0) is 11.3 Å². The molecule has 2 aromatic heterocycles. The van der Waals surface area contributed by atoms with Crippen LogP contribution in [0.2, 0.25) is 0 Å². The van der Waals surface area contributed by atoms with E-state index in [4.69, 9.17) is 4.74 Å². The Balaban J connectivity index is 1.52. The van der Waals surface area contributed by atoms with Crippen molar-refractivity contribution in [1.29, 1.82) is 0 Å². The molecule has 2 aromatic rings. The van der Waals surface area contributed by atoms with Gasteiger partial charge in [0.15, 0.2) is 5.82 Å². The molecule has 7 heteroatoms. The van der Waals surface area contributed by atoms with Gasteiger partial charge in [-0.2, -0.15) is 0 Å². The van der Waals surface area contributed by atoms with Crippen molar-refractivity contribution in [3.63, 3.8) is 0 Å². The van der Waals surface area contributed by atoms with Crippen molar-refractivity contribution in [3.05, 3.63) is 42.5 Å². The number of likely N-dealkylation sites (tertiary alicyclic amines) is 1. The van der Waals surface area contributed by atoms with E-state index in [9.17, 15) is 4.79 Å². The molecule has 27 heavy (non-hydrogen) atoms. The number of anilines is 1. The first kappa shape index (κ1) is 17.7. The highest BCUT2D eigenvalue weighted by Gasteiger charge is 2.42. The largest absolute Gasteiger partial charge is 0.478 e. The maximum atomic E-state index is 12.5. The van der Waals surface area contributed by atoms with E-state index in [1.807, 2.05) is 23.1 Å². The molecule has 1 amide bonds. The molecular weight excluding hydrogens is 342 g/mol. The van der Waals surface area contributed by atoms with Gasteiger partial charge in [0.05, 0.1) is 19.3 Å². The molecule has 4 heterocycles. The van der Waals surface area contributed by atoms with E-state index >= 15 is 0 Å². The summed E-state index contributed by atoms with van der Waals surface area (Å²) in [6.07, 6.45) is 8.85. The van der Waals surface area contributed by atoms with E-state index < -0.39 is 0 Å². The summed E-state index contributed by atoms with van der Waals surface area (Å²) in [6.45, 7) is 3.15. The molecule has 2 saturated heterocycles. The van der Waals surface area contributed by atoms with Gasteiger partial charge in [-0.15, -0.1) is 0 Å². The number of amides is 1. The fourth-order valence-electron chi connectivity index (χ4n) is 4.33. The van der Waals surface area contributed by atoms with Crippen molar-refractivity contribution in [3.8, 4) is 5.88 Å². The Hall–Kier alpha value is -2.70. The summed E-state index contributed by atoms with van der Waals surface area (Å²) < 4.78 is 5.40. The molecule has 4 rings (SSSR count). The monoisotopic (exact) mass is 367 g/mol. The Morgan fingerprint density at radius 1 is 1.11 bits per heavy atom. The van der Waals surface area contributed by atoms with Crippen LogP contribution in [-0.4, -0.2) is 52.5 Å². The highest BCUT2D eigenvalue weighted by Crippen LogP contribution is 2.41. The number of rotatable bonds is 4. The van der Waals surface area contributed by atoms with Crippen molar-refractivity contribution < 1.29 is 9.53 Å². The van der Waals surface area contributed by atoms with E-state index in [1.165, 1.54) is 0 Å². The topological polar surface area (TPSA) is 71.5 Å². The van der Waals surface area contributed by atoms with E-state index in [0.717, 1.165) is 50.4 Å². The van der Waals surface area contributed by atoms with Gasteiger partial charge >= 0.3 is 0 Å². The second-order valence-electron chi connectivity index (χ2n) is 7.49. The molecule has 0 N–H and O–H groups in total. The minimum Gasteiger partial charge on any atom is -0.478 e. The summed E-state index contributed by atoms with van der Waals surface area (Å²) in [5.74, 6) is 1.58. The summed E-state index contributed by atoms with van der Waals surface area (Å²) in [6, 6.07) is 5.84. The molecule has 0 radical (unpaired) electrons. The van der Waals surface area contributed by atoms with Crippen LogP contribution in [0.15, 0.2) is 36.8 Å². The van der Waals surface area contributed by atoms with E-state index in [0.29, 0.717) is 18.8 Å².